The highest BCUT2D eigenvalue weighted by molar-refractivity contribution is 5.62. The summed E-state index contributed by atoms with van der Waals surface area (Å²) in [4.78, 5) is 2.37. The Labute approximate surface area is 116 Å². The van der Waals surface area contributed by atoms with E-state index in [-0.39, 0.29) is 0 Å². The highest BCUT2D eigenvalue weighted by Gasteiger charge is 2.19. The normalized spacial score (nSPS) is 19.5. The molecule has 2 heteroatoms. The Hall–Kier alpha value is -1.28. The Morgan fingerprint density at radius 2 is 2.26 bits per heavy atom. The highest BCUT2D eigenvalue weighted by atomic mass is 15.1. The lowest BCUT2D eigenvalue weighted by Gasteiger charge is -2.27. The predicted molar refractivity (Wildman–Crippen MR) is 82.7 cm³/mol. The molecule has 0 bridgehead atoms. The van der Waals surface area contributed by atoms with Crippen molar-refractivity contribution >= 4 is 11.8 Å². The van der Waals surface area contributed by atoms with E-state index in [0.717, 1.165) is 12.6 Å². The van der Waals surface area contributed by atoms with Gasteiger partial charge in [0, 0.05) is 31.9 Å². The van der Waals surface area contributed by atoms with Gasteiger partial charge in [-0.25, -0.2) is 0 Å². The van der Waals surface area contributed by atoms with Crippen molar-refractivity contribution in [2.24, 2.45) is 0 Å². The molecule has 1 N–H and O–H groups in total. The van der Waals surface area contributed by atoms with Crippen LogP contribution in [0.15, 0.2) is 23.8 Å². The molecule has 19 heavy (non-hydrogen) atoms. The van der Waals surface area contributed by atoms with Crippen molar-refractivity contribution in [2.45, 2.75) is 38.6 Å². The van der Waals surface area contributed by atoms with E-state index in [9.17, 15) is 0 Å². The molecule has 0 spiro atoms. The van der Waals surface area contributed by atoms with Crippen LogP contribution in [0.4, 0.5) is 5.69 Å². The molecule has 2 aliphatic rings. The van der Waals surface area contributed by atoms with Gasteiger partial charge in [-0.2, -0.15) is 0 Å². The average Bonchev–Trinajstić information content (AvgIpc) is 3.20. The van der Waals surface area contributed by atoms with E-state index in [1.807, 2.05) is 0 Å². The van der Waals surface area contributed by atoms with Gasteiger partial charge >= 0.3 is 0 Å². The monoisotopic (exact) mass is 256 g/mol. The number of fused-ring (bicyclic) bond motifs is 1. The van der Waals surface area contributed by atoms with Crippen molar-refractivity contribution in [2.75, 3.05) is 25.0 Å². The Morgan fingerprint density at radius 1 is 1.42 bits per heavy atom. The molecule has 102 valence electrons. The van der Waals surface area contributed by atoms with Gasteiger partial charge in [0.2, 0.25) is 0 Å². The summed E-state index contributed by atoms with van der Waals surface area (Å²) >= 11 is 0. The van der Waals surface area contributed by atoms with Crippen LogP contribution in [0.3, 0.4) is 0 Å². The predicted octanol–water partition coefficient (Wildman–Crippen LogP) is 3.22. The van der Waals surface area contributed by atoms with Gasteiger partial charge in [0.15, 0.2) is 0 Å². The maximum absolute atomic E-state index is 3.57. The first-order valence-corrected chi connectivity index (χ1v) is 7.47. The Balaban J connectivity index is 1.71. The Bertz CT molecular complexity index is 486. The fourth-order valence-corrected chi connectivity index (χ4v) is 2.82. The standard InChI is InChI=1S/C17H24N2/c1-13(12-18-16-6-7-16)10-14-5-8-17-15(11-14)4-3-9-19(17)2/h5,8,10-11,16,18H,3-4,6-7,9,12H2,1-2H3. The van der Waals surface area contributed by atoms with Gasteiger partial charge in [0.25, 0.3) is 0 Å². The van der Waals surface area contributed by atoms with E-state index in [1.54, 1.807) is 0 Å². The van der Waals surface area contributed by atoms with Crippen molar-refractivity contribution in [3.8, 4) is 0 Å². The van der Waals surface area contributed by atoms with Crippen molar-refractivity contribution < 1.29 is 0 Å². The van der Waals surface area contributed by atoms with Crippen LogP contribution in [0.25, 0.3) is 6.08 Å². The number of benzene rings is 1. The van der Waals surface area contributed by atoms with Gasteiger partial charge in [-0.05, 0) is 55.9 Å². The SMILES string of the molecule is CC(=Cc1ccc2c(c1)CCCN2C)CNC1CC1. The van der Waals surface area contributed by atoms with Crippen LogP contribution in [-0.2, 0) is 6.42 Å². The van der Waals surface area contributed by atoms with Crippen LogP contribution in [0, 0.1) is 0 Å². The van der Waals surface area contributed by atoms with E-state index in [1.165, 1.54) is 54.6 Å². The molecule has 1 aliphatic carbocycles. The summed E-state index contributed by atoms with van der Waals surface area (Å²) in [6.45, 7) is 4.44. The maximum Gasteiger partial charge on any atom is 0.0396 e. The molecule has 0 unspecified atom stereocenters. The van der Waals surface area contributed by atoms with Crippen molar-refractivity contribution in [1.82, 2.24) is 5.32 Å². The molecule has 0 aromatic heterocycles. The van der Waals surface area contributed by atoms with Crippen molar-refractivity contribution in [3.63, 3.8) is 0 Å². The summed E-state index contributed by atoms with van der Waals surface area (Å²) in [5, 5.41) is 3.57. The molecule has 3 rings (SSSR count). The summed E-state index contributed by atoms with van der Waals surface area (Å²) in [7, 11) is 2.19. The van der Waals surface area contributed by atoms with Gasteiger partial charge in [-0.3, -0.25) is 0 Å². The van der Waals surface area contributed by atoms with Crippen LogP contribution >= 0.6 is 0 Å². The van der Waals surface area contributed by atoms with Crippen LogP contribution in [0.1, 0.15) is 37.3 Å². The van der Waals surface area contributed by atoms with E-state index < -0.39 is 0 Å². The van der Waals surface area contributed by atoms with Crippen molar-refractivity contribution in [1.29, 1.82) is 0 Å². The van der Waals surface area contributed by atoms with Gasteiger partial charge < -0.3 is 10.2 Å². The zero-order valence-corrected chi connectivity index (χ0v) is 12.1. The number of hydrogen-bond donors (Lipinski definition) is 1. The third-order valence-corrected chi connectivity index (χ3v) is 4.11. The minimum atomic E-state index is 0.792. The lowest BCUT2D eigenvalue weighted by Crippen LogP contribution is -2.24. The largest absolute Gasteiger partial charge is 0.374 e. The lowest BCUT2D eigenvalue weighted by molar-refractivity contribution is 0.735. The van der Waals surface area contributed by atoms with E-state index in [0.29, 0.717) is 0 Å². The molecule has 0 atom stereocenters. The van der Waals surface area contributed by atoms with Crippen LogP contribution < -0.4 is 10.2 Å². The first-order chi connectivity index (χ1) is 9.22. The molecular weight excluding hydrogens is 232 g/mol. The molecular formula is C17H24N2. The first-order valence-electron chi connectivity index (χ1n) is 7.47. The quantitative estimate of drug-likeness (QED) is 0.890. The van der Waals surface area contributed by atoms with E-state index in [4.69, 9.17) is 0 Å². The first kappa shape index (κ1) is 12.7. The summed E-state index contributed by atoms with van der Waals surface area (Å²) in [5.74, 6) is 0. The summed E-state index contributed by atoms with van der Waals surface area (Å²) in [6, 6.07) is 7.69. The zero-order valence-electron chi connectivity index (χ0n) is 12.1. The highest BCUT2D eigenvalue weighted by Crippen LogP contribution is 2.27. The number of anilines is 1. The maximum atomic E-state index is 3.57. The second-order valence-electron chi connectivity index (χ2n) is 6.06. The Kier molecular flexibility index (Phi) is 3.61. The number of aryl methyl sites for hydroxylation is 1. The average molecular weight is 256 g/mol. The number of nitrogens with one attached hydrogen (secondary N) is 1. The van der Waals surface area contributed by atoms with Gasteiger partial charge in [0.05, 0.1) is 0 Å². The zero-order chi connectivity index (χ0) is 13.2. The lowest BCUT2D eigenvalue weighted by atomic mass is 9.99. The molecule has 1 heterocycles. The van der Waals surface area contributed by atoms with Gasteiger partial charge in [-0.15, -0.1) is 0 Å². The summed E-state index contributed by atoms with van der Waals surface area (Å²) < 4.78 is 0. The molecule has 0 radical (unpaired) electrons. The molecule has 1 aliphatic heterocycles. The van der Waals surface area contributed by atoms with E-state index in [2.05, 4.69) is 48.5 Å². The fraction of sp³-hybridized carbons (Fsp3) is 0.529. The molecule has 1 saturated carbocycles. The number of nitrogens with zero attached hydrogens (tertiary/aromatic N) is 1. The van der Waals surface area contributed by atoms with Gasteiger partial charge in [-0.1, -0.05) is 17.7 Å². The summed E-state index contributed by atoms with van der Waals surface area (Å²) in [5.41, 5.74) is 5.70. The minimum absolute atomic E-state index is 0.792. The van der Waals surface area contributed by atoms with Crippen molar-refractivity contribution in [3.05, 3.63) is 34.9 Å². The van der Waals surface area contributed by atoms with Crippen LogP contribution in [-0.4, -0.2) is 26.2 Å². The Morgan fingerprint density at radius 3 is 3.05 bits per heavy atom. The second kappa shape index (κ2) is 5.38. The molecule has 0 saturated heterocycles. The van der Waals surface area contributed by atoms with Crippen LogP contribution in [0.2, 0.25) is 0 Å². The molecule has 0 amide bonds. The molecule has 1 aromatic carbocycles. The smallest absolute Gasteiger partial charge is 0.0396 e. The number of hydrogen-bond acceptors (Lipinski definition) is 2. The van der Waals surface area contributed by atoms with E-state index >= 15 is 0 Å². The van der Waals surface area contributed by atoms with Gasteiger partial charge in [0.1, 0.15) is 0 Å². The molecule has 1 fully saturated rings. The summed E-state index contributed by atoms with van der Waals surface area (Å²) in [6.07, 6.45) is 7.54. The fourth-order valence-electron chi connectivity index (χ4n) is 2.82. The second-order valence-corrected chi connectivity index (χ2v) is 6.06. The molecule has 1 aromatic rings. The third kappa shape index (κ3) is 3.19. The number of rotatable bonds is 4. The topological polar surface area (TPSA) is 15.3 Å². The minimum Gasteiger partial charge on any atom is -0.374 e. The van der Waals surface area contributed by atoms with Crippen LogP contribution in [0.5, 0.6) is 0 Å². The third-order valence-electron chi connectivity index (χ3n) is 4.11. The molecule has 2 nitrogen and oxygen atoms in total.